The van der Waals surface area contributed by atoms with Crippen molar-refractivity contribution in [2.24, 2.45) is 0 Å². The van der Waals surface area contributed by atoms with Crippen molar-refractivity contribution < 1.29 is 9.47 Å². The maximum Gasteiger partial charge on any atom is 0.113 e. The molecule has 0 fully saturated rings. The number of rotatable bonds is 9. The Morgan fingerprint density at radius 3 is 1.03 bits per heavy atom. The zero-order chi connectivity index (χ0) is 20.4. The summed E-state index contributed by atoms with van der Waals surface area (Å²) in [5.41, 5.74) is 4.51. The highest BCUT2D eigenvalue weighted by Crippen LogP contribution is 2.36. The Hall–Kier alpha value is -3.20. The number of ether oxygens (including phenoxy) is 2. The van der Waals surface area contributed by atoms with Gasteiger partial charge in [-0.25, -0.2) is 0 Å². The van der Waals surface area contributed by atoms with Gasteiger partial charge < -0.3 is 9.47 Å². The summed E-state index contributed by atoms with van der Waals surface area (Å²) < 4.78 is 13.0. The van der Waals surface area contributed by atoms with Crippen molar-refractivity contribution in [3.8, 4) is 0 Å². The monoisotopic (exact) mass is 394 g/mol. The fourth-order valence-electron chi connectivity index (χ4n) is 3.52. The normalized spacial score (nSPS) is 12.9. The molecule has 0 aromatic heterocycles. The molecule has 0 heterocycles. The van der Waals surface area contributed by atoms with Gasteiger partial charge in [-0.2, -0.15) is 0 Å². The molecule has 150 valence electrons. The molecular formula is C28H26O2. The van der Waals surface area contributed by atoms with Crippen LogP contribution in [0.4, 0.5) is 0 Å². The van der Waals surface area contributed by atoms with Crippen molar-refractivity contribution in [3.05, 3.63) is 144 Å². The van der Waals surface area contributed by atoms with Gasteiger partial charge in [-0.1, -0.05) is 121 Å². The van der Waals surface area contributed by atoms with Gasteiger partial charge in [-0.05, 0) is 22.3 Å². The van der Waals surface area contributed by atoms with Crippen LogP contribution in [0.1, 0.15) is 34.5 Å². The van der Waals surface area contributed by atoms with E-state index in [0.717, 1.165) is 22.3 Å². The summed E-state index contributed by atoms with van der Waals surface area (Å²) in [6.07, 6.45) is -0.449. The number of benzene rings is 4. The largest absolute Gasteiger partial charge is 0.366 e. The minimum atomic E-state index is -0.225. The van der Waals surface area contributed by atoms with Crippen LogP contribution in [0.15, 0.2) is 121 Å². The SMILES string of the molecule is c1ccc(COC(c2ccccc2)[C@@H](OCc2ccccc2)c2ccccc2)cc1. The molecule has 30 heavy (non-hydrogen) atoms. The first-order valence-corrected chi connectivity index (χ1v) is 10.3. The van der Waals surface area contributed by atoms with E-state index in [-0.39, 0.29) is 12.2 Å². The second kappa shape index (κ2) is 10.5. The third-order valence-corrected chi connectivity index (χ3v) is 5.08. The molecule has 0 aliphatic carbocycles. The lowest BCUT2D eigenvalue weighted by Crippen LogP contribution is -2.18. The van der Waals surface area contributed by atoms with E-state index < -0.39 is 0 Å². The first kappa shape index (κ1) is 20.1. The molecule has 0 aliphatic heterocycles. The van der Waals surface area contributed by atoms with Gasteiger partial charge in [0.1, 0.15) is 12.2 Å². The van der Waals surface area contributed by atoms with Gasteiger partial charge in [0.05, 0.1) is 13.2 Å². The minimum absolute atomic E-state index is 0.225. The molecule has 0 aliphatic rings. The molecule has 0 bridgehead atoms. The summed E-state index contributed by atoms with van der Waals surface area (Å²) in [5.74, 6) is 0. The third-order valence-electron chi connectivity index (χ3n) is 5.08. The Morgan fingerprint density at radius 1 is 0.400 bits per heavy atom. The molecule has 4 aromatic carbocycles. The zero-order valence-electron chi connectivity index (χ0n) is 16.9. The first-order chi connectivity index (χ1) is 14.9. The Balaban J connectivity index is 1.63. The van der Waals surface area contributed by atoms with Crippen LogP contribution in [0.3, 0.4) is 0 Å². The van der Waals surface area contributed by atoms with Gasteiger partial charge >= 0.3 is 0 Å². The van der Waals surface area contributed by atoms with Crippen LogP contribution in [-0.4, -0.2) is 0 Å². The van der Waals surface area contributed by atoms with Crippen LogP contribution in [0.5, 0.6) is 0 Å². The fourth-order valence-corrected chi connectivity index (χ4v) is 3.52. The maximum atomic E-state index is 6.49. The smallest absolute Gasteiger partial charge is 0.113 e. The topological polar surface area (TPSA) is 18.5 Å². The van der Waals surface area contributed by atoms with Gasteiger partial charge in [0.2, 0.25) is 0 Å². The Morgan fingerprint density at radius 2 is 0.700 bits per heavy atom. The van der Waals surface area contributed by atoms with E-state index in [4.69, 9.17) is 9.47 Å². The molecule has 0 N–H and O–H groups in total. The molecule has 0 radical (unpaired) electrons. The maximum absolute atomic E-state index is 6.49. The average Bonchev–Trinajstić information content (AvgIpc) is 2.83. The van der Waals surface area contributed by atoms with E-state index in [1.165, 1.54) is 0 Å². The Kier molecular flexibility index (Phi) is 7.06. The molecule has 0 spiro atoms. The summed E-state index contributed by atoms with van der Waals surface area (Å²) in [7, 11) is 0. The van der Waals surface area contributed by atoms with Crippen molar-refractivity contribution in [3.63, 3.8) is 0 Å². The van der Waals surface area contributed by atoms with Crippen LogP contribution in [0, 0.1) is 0 Å². The van der Waals surface area contributed by atoms with Crippen LogP contribution >= 0.6 is 0 Å². The highest BCUT2D eigenvalue weighted by molar-refractivity contribution is 5.26. The molecule has 0 amide bonds. The molecule has 4 rings (SSSR count). The predicted molar refractivity (Wildman–Crippen MR) is 121 cm³/mol. The molecule has 2 heteroatoms. The summed E-state index contributed by atoms with van der Waals surface area (Å²) in [6.45, 7) is 1.05. The molecule has 4 aromatic rings. The number of hydrogen-bond donors (Lipinski definition) is 0. The van der Waals surface area contributed by atoms with E-state index >= 15 is 0 Å². The predicted octanol–water partition coefficient (Wildman–Crippen LogP) is 6.90. The molecular weight excluding hydrogens is 368 g/mol. The molecule has 2 atom stereocenters. The highest BCUT2D eigenvalue weighted by Gasteiger charge is 2.27. The van der Waals surface area contributed by atoms with Crippen LogP contribution in [0.25, 0.3) is 0 Å². The Bertz CT molecular complexity index is 901. The Labute approximate surface area is 178 Å². The van der Waals surface area contributed by atoms with Gasteiger partial charge in [0, 0.05) is 0 Å². The van der Waals surface area contributed by atoms with E-state index in [9.17, 15) is 0 Å². The van der Waals surface area contributed by atoms with Crippen molar-refractivity contribution in [1.82, 2.24) is 0 Å². The summed E-state index contributed by atoms with van der Waals surface area (Å²) in [4.78, 5) is 0. The van der Waals surface area contributed by atoms with Crippen LogP contribution < -0.4 is 0 Å². The third kappa shape index (κ3) is 5.44. The lowest BCUT2D eigenvalue weighted by atomic mass is 9.97. The lowest BCUT2D eigenvalue weighted by Gasteiger charge is -2.29. The lowest BCUT2D eigenvalue weighted by molar-refractivity contribution is -0.0908. The standard InChI is InChI=1S/C28H26O2/c1-5-13-23(14-6-1)21-29-27(25-17-9-3-10-18-25)28(26-19-11-4-12-20-26)30-22-24-15-7-2-8-16-24/h1-20,27-28H,21-22H2/t27-,28?/m0/s1. The minimum Gasteiger partial charge on any atom is -0.366 e. The zero-order valence-corrected chi connectivity index (χ0v) is 16.9. The average molecular weight is 395 g/mol. The van der Waals surface area contributed by atoms with Crippen molar-refractivity contribution >= 4 is 0 Å². The van der Waals surface area contributed by atoms with Crippen molar-refractivity contribution in [1.29, 1.82) is 0 Å². The van der Waals surface area contributed by atoms with Crippen molar-refractivity contribution in [2.45, 2.75) is 25.4 Å². The van der Waals surface area contributed by atoms with Crippen LogP contribution in [0.2, 0.25) is 0 Å². The van der Waals surface area contributed by atoms with E-state index in [1.54, 1.807) is 0 Å². The van der Waals surface area contributed by atoms with Gasteiger partial charge in [-0.3, -0.25) is 0 Å². The van der Waals surface area contributed by atoms with E-state index in [2.05, 4.69) is 48.5 Å². The van der Waals surface area contributed by atoms with Gasteiger partial charge in [0.25, 0.3) is 0 Å². The van der Waals surface area contributed by atoms with E-state index in [1.807, 2.05) is 72.8 Å². The quantitative estimate of drug-likeness (QED) is 0.307. The second-order valence-corrected chi connectivity index (χ2v) is 7.26. The first-order valence-electron chi connectivity index (χ1n) is 10.3. The second-order valence-electron chi connectivity index (χ2n) is 7.26. The molecule has 2 nitrogen and oxygen atoms in total. The summed E-state index contributed by atoms with van der Waals surface area (Å²) in [5, 5.41) is 0. The fraction of sp³-hybridized carbons (Fsp3) is 0.143. The van der Waals surface area contributed by atoms with Gasteiger partial charge in [0.15, 0.2) is 0 Å². The summed E-state index contributed by atoms with van der Waals surface area (Å²) >= 11 is 0. The van der Waals surface area contributed by atoms with Crippen LogP contribution in [-0.2, 0) is 22.7 Å². The molecule has 1 unspecified atom stereocenters. The van der Waals surface area contributed by atoms with Gasteiger partial charge in [-0.15, -0.1) is 0 Å². The van der Waals surface area contributed by atoms with Crippen molar-refractivity contribution in [2.75, 3.05) is 0 Å². The van der Waals surface area contributed by atoms with E-state index in [0.29, 0.717) is 13.2 Å². The summed E-state index contributed by atoms with van der Waals surface area (Å²) in [6, 6.07) is 41.2. The number of hydrogen-bond acceptors (Lipinski definition) is 2. The highest BCUT2D eigenvalue weighted by atomic mass is 16.5. The molecule has 0 saturated carbocycles. The molecule has 0 saturated heterocycles.